The summed E-state index contributed by atoms with van der Waals surface area (Å²) >= 11 is 0. The van der Waals surface area contributed by atoms with Gasteiger partial charge in [0.1, 0.15) is 0 Å². The van der Waals surface area contributed by atoms with Crippen molar-refractivity contribution in [2.24, 2.45) is 0 Å². The molecule has 1 fully saturated rings. The second-order valence-electron chi connectivity index (χ2n) is 4.89. The molecule has 2 atom stereocenters. The lowest BCUT2D eigenvalue weighted by Crippen LogP contribution is -2.43. The van der Waals surface area contributed by atoms with Crippen LogP contribution in [0.5, 0.6) is 0 Å². The summed E-state index contributed by atoms with van der Waals surface area (Å²) in [5, 5.41) is 6.24. The molecule has 2 N–H and O–H groups in total. The van der Waals surface area contributed by atoms with E-state index in [0.29, 0.717) is 5.56 Å². The molecule has 4 heteroatoms. The molecule has 1 aliphatic heterocycles. The van der Waals surface area contributed by atoms with E-state index >= 15 is 0 Å². The number of methoxy groups -OCH3 is 1. The van der Waals surface area contributed by atoms with E-state index < -0.39 is 0 Å². The summed E-state index contributed by atoms with van der Waals surface area (Å²) in [6.07, 6.45) is 0.0554. The molecule has 18 heavy (non-hydrogen) atoms. The first-order valence-electron chi connectivity index (χ1n) is 6.23. The second kappa shape index (κ2) is 5.50. The molecule has 2 rings (SSSR count). The third kappa shape index (κ3) is 2.89. The van der Waals surface area contributed by atoms with Gasteiger partial charge in [-0.05, 0) is 26.0 Å². The van der Waals surface area contributed by atoms with Crippen molar-refractivity contribution >= 4 is 5.91 Å². The molecule has 1 heterocycles. The van der Waals surface area contributed by atoms with Crippen molar-refractivity contribution in [1.29, 1.82) is 0 Å². The van der Waals surface area contributed by atoms with Crippen LogP contribution in [0.4, 0.5) is 0 Å². The van der Waals surface area contributed by atoms with Crippen LogP contribution in [0.1, 0.15) is 21.5 Å². The summed E-state index contributed by atoms with van der Waals surface area (Å²) in [6.45, 7) is 5.54. The number of hydrogen-bond donors (Lipinski definition) is 2. The third-order valence-corrected chi connectivity index (χ3v) is 3.26. The molecule has 1 aliphatic rings. The Labute approximate surface area is 108 Å². The number of hydrogen-bond acceptors (Lipinski definition) is 3. The maximum absolute atomic E-state index is 12.2. The van der Waals surface area contributed by atoms with Gasteiger partial charge in [-0.1, -0.05) is 17.2 Å². The van der Waals surface area contributed by atoms with Crippen LogP contribution >= 0.6 is 0 Å². The molecule has 0 aliphatic carbocycles. The van der Waals surface area contributed by atoms with Crippen LogP contribution in [0.2, 0.25) is 0 Å². The van der Waals surface area contributed by atoms with Gasteiger partial charge in [0.05, 0.1) is 12.1 Å². The molecule has 0 spiro atoms. The van der Waals surface area contributed by atoms with Crippen LogP contribution in [0.25, 0.3) is 0 Å². The zero-order valence-corrected chi connectivity index (χ0v) is 11.1. The molecule has 1 amide bonds. The molecular weight excluding hydrogens is 228 g/mol. The standard InChI is InChI=1S/C14H20N2O2/c1-9-4-10(2)6-11(5-9)14(17)16-12-7-15-8-13(12)18-3/h4-6,12-13,15H,7-8H2,1-3H3,(H,16,17)/t12?,13-/m1/s1. The molecule has 4 nitrogen and oxygen atoms in total. The van der Waals surface area contributed by atoms with Crippen LogP contribution in [0.15, 0.2) is 18.2 Å². The topological polar surface area (TPSA) is 50.4 Å². The summed E-state index contributed by atoms with van der Waals surface area (Å²) in [6, 6.07) is 5.92. The molecule has 0 aromatic heterocycles. The average Bonchev–Trinajstić information content (AvgIpc) is 2.75. The van der Waals surface area contributed by atoms with Gasteiger partial charge in [-0.3, -0.25) is 4.79 Å². The van der Waals surface area contributed by atoms with Crippen molar-refractivity contribution in [2.75, 3.05) is 20.2 Å². The number of ether oxygens (including phenoxy) is 1. The van der Waals surface area contributed by atoms with Gasteiger partial charge in [0.15, 0.2) is 0 Å². The molecule has 0 bridgehead atoms. The number of carbonyl (C=O) groups excluding carboxylic acids is 1. The fourth-order valence-corrected chi connectivity index (χ4v) is 2.40. The normalized spacial score (nSPS) is 23.1. The minimum absolute atomic E-state index is 0.0300. The van der Waals surface area contributed by atoms with E-state index in [1.165, 1.54) is 0 Å². The molecule has 1 aromatic rings. The molecule has 0 radical (unpaired) electrons. The molecular formula is C14H20N2O2. The van der Waals surface area contributed by atoms with Crippen LogP contribution in [0.3, 0.4) is 0 Å². The lowest BCUT2D eigenvalue weighted by atomic mass is 10.1. The van der Waals surface area contributed by atoms with Gasteiger partial charge in [-0.2, -0.15) is 0 Å². The van der Waals surface area contributed by atoms with Crippen LogP contribution in [0, 0.1) is 13.8 Å². The van der Waals surface area contributed by atoms with E-state index in [1.54, 1.807) is 7.11 Å². The molecule has 1 saturated heterocycles. The summed E-state index contributed by atoms with van der Waals surface area (Å²) in [5.74, 6) is -0.0300. The average molecular weight is 248 g/mol. The van der Waals surface area contributed by atoms with Crippen LogP contribution in [-0.4, -0.2) is 38.3 Å². The maximum Gasteiger partial charge on any atom is 0.251 e. The predicted octanol–water partition coefficient (Wildman–Crippen LogP) is 1.02. The van der Waals surface area contributed by atoms with E-state index in [-0.39, 0.29) is 18.1 Å². The van der Waals surface area contributed by atoms with Crippen molar-refractivity contribution in [3.63, 3.8) is 0 Å². The van der Waals surface area contributed by atoms with E-state index in [4.69, 9.17) is 4.74 Å². The highest BCUT2D eigenvalue weighted by Gasteiger charge is 2.28. The summed E-state index contributed by atoms with van der Waals surface area (Å²) < 4.78 is 5.33. The van der Waals surface area contributed by atoms with E-state index in [1.807, 2.05) is 26.0 Å². The Balaban J connectivity index is 2.07. The zero-order valence-electron chi connectivity index (χ0n) is 11.1. The second-order valence-corrected chi connectivity index (χ2v) is 4.89. The first-order chi connectivity index (χ1) is 8.60. The van der Waals surface area contributed by atoms with Crippen LogP contribution in [-0.2, 0) is 4.74 Å². The number of rotatable bonds is 3. The Morgan fingerprint density at radius 1 is 1.28 bits per heavy atom. The first kappa shape index (κ1) is 13.1. The van der Waals surface area contributed by atoms with Gasteiger partial charge in [0.25, 0.3) is 5.91 Å². The van der Waals surface area contributed by atoms with Crippen LogP contribution < -0.4 is 10.6 Å². The zero-order chi connectivity index (χ0) is 13.1. The van der Waals surface area contributed by atoms with Crippen molar-refractivity contribution < 1.29 is 9.53 Å². The predicted molar refractivity (Wildman–Crippen MR) is 70.8 cm³/mol. The number of carbonyl (C=O) groups is 1. The van der Waals surface area contributed by atoms with E-state index in [9.17, 15) is 4.79 Å². The SMILES string of the molecule is CO[C@@H]1CNCC1NC(=O)c1cc(C)cc(C)c1. The lowest BCUT2D eigenvalue weighted by Gasteiger charge is -2.18. The van der Waals surface area contributed by atoms with Gasteiger partial charge in [-0.15, -0.1) is 0 Å². The molecule has 1 unspecified atom stereocenters. The van der Waals surface area contributed by atoms with Gasteiger partial charge in [0.2, 0.25) is 0 Å². The van der Waals surface area contributed by atoms with Gasteiger partial charge < -0.3 is 15.4 Å². The smallest absolute Gasteiger partial charge is 0.251 e. The lowest BCUT2D eigenvalue weighted by molar-refractivity contribution is 0.0779. The highest BCUT2D eigenvalue weighted by molar-refractivity contribution is 5.94. The Kier molecular flexibility index (Phi) is 3.99. The molecule has 1 aromatic carbocycles. The van der Waals surface area contributed by atoms with Crippen molar-refractivity contribution in [3.05, 3.63) is 34.9 Å². The summed E-state index contributed by atoms with van der Waals surface area (Å²) in [4.78, 5) is 12.2. The van der Waals surface area contributed by atoms with Gasteiger partial charge in [-0.25, -0.2) is 0 Å². The van der Waals surface area contributed by atoms with E-state index in [2.05, 4.69) is 16.7 Å². The fraction of sp³-hybridized carbons (Fsp3) is 0.500. The quantitative estimate of drug-likeness (QED) is 0.839. The Bertz CT molecular complexity index is 425. The number of aryl methyl sites for hydroxylation is 2. The Hall–Kier alpha value is -1.39. The van der Waals surface area contributed by atoms with Crippen molar-refractivity contribution in [3.8, 4) is 0 Å². The monoisotopic (exact) mass is 248 g/mol. The molecule has 0 saturated carbocycles. The summed E-state index contributed by atoms with van der Waals surface area (Å²) in [7, 11) is 1.67. The fourth-order valence-electron chi connectivity index (χ4n) is 2.40. The van der Waals surface area contributed by atoms with E-state index in [0.717, 1.165) is 24.2 Å². The minimum atomic E-state index is -0.0300. The van der Waals surface area contributed by atoms with Gasteiger partial charge >= 0.3 is 0 Å². The van der Waals surface area contributed by atoms with Crippen molar-refractivity contribution in [2.45, 2.75) is 26.0 Å². The highest BCUT2D eigenvalue weighted by Crippen LogP contribution is 2.10. The third-order valence-electron chi connectivity index (χ3n) is 3.26. The summed E-state index contributed by atoms with van der Waals surface area (Å²) in [5.41, 5.74) is 2.93. The number of amides is 1. The first-order valence-corrected chi connectivity index (χ1v) is 6.23. The Morgan fingerprint density at radius 3 is 2.56 bits per heavy atom. The number of nitrogens with one attached hydrogen (secondary N) is 2. The van der Waals surface area contributed by atoms with Gasteiger partial charge in [0, 0.05) is 25.8 Å². The maximum atomic E-state index is 12.2. The highest BCUT2D eigenvalue weighted by atomic mass is 16.5. The largest absolute Gasteiger partial charge is 0.378 e. The Morgan fingerprint density at radius 2 is 1.94 bits per heavy atom. The number of benzene rings is 1. The minimum Gasteiger partial charge on any atom is -0.378 e. The van der Waals surface area contributed by atoms with Crippen molar-refractivity contribution in [1.82, 2.24) is 10.6 Å². The molecule has 98 valence electrons.